The highest BCUT2D eigenvalue weighted by Gasteiger charge is 2.39. The first-order chi connectivity index (χ1) is 10.1. The summed E-state index contributed by atoms with van der Waals surface area (Å²) in [4.78, 5) is 46.3. The summed E-state index contributed by atoms with van der Waals surface area (Å²) in [6.45, 7) is -0.371. The van der Waals surface area contributed by atoms with Crippen molar-refractivity contribution in [3.8, 4) is 0 Å². The molecular formula is C9H12N8O4. The van der Waals surface area contributed by atoms with Gasteiger partial charge in [0.1, 0.15) is 6.04 Å². The molecule has 1 aliphatic rings. The van der Waals surface area contributed by atoms with Crippen LogP contribution >= 0.6 is 0 Å². The first-order valence-corrected chi connectivity index (χ1v) is 5.90. The Morgan fingerprint density at radius 3 is 2.95 bits per heavy atom. The molecule has 1 aromatic heterocycles. The van der Waals surface area contributed by atoms with Gasteiger partial charge in [0.15, 0.2) is 5.82 Å². The summed E-state index contributed by atoms with van der Waals surface area (Å²) >= 11 is 0. The maximum Gasteiger partial charge on any atom is 0.325 e. The third-order valence-electron chi connectivity index (χ3n) is 2.70. The number of H-pyrrole nitrogens is 1. The Morgan fingerprint density at radius 2 is 2.29 bits per heavy atom. The van der Waals surface area contributed by atoms with Crippen LogP contribution in [0.15, 0.2) is 0 Å². The molecule has 12 nitrogen and oxygen atoms in total. The van der Waals surface area contributed by atoms with Crippen LogP contribution in [0.4, 0.5) is 4.79 Å². The second kappa shape index (κ2) is 6.40. The van der Waals surface area contributed by atoms with Gasteiger partial charge in [-0.05, 0) is 0 Å². The average molecular weight is 296 g/mol. The lowest BCUT2D eigenvalue weighted by atomic mass is 10.2. The van der Waals surface area contributed by atoms with Crippen LogP contribution in [0.1, 0.15) is 5.82 Å². The maximum absolute atomic E-state index is 12.0. The van der Waals surface area contributed by atoms with Crippen LogP contribution in [-0.2, 0) is 20.9 Å². The number of aromatic nitrogens is 4. The number of imide groups is 1. The summed E-state index contributed by atoms with van der Waals surface area (Å²) in [5.74, 6) is -0.962. The number of tetrazole rings is 1. The molecule has 1 fully saturated rings. The molecule has 1 aromatic rings. The number of amides is 5. The van der Waals surface area contributed by atoms with Crippen molar-refractivity contribution >= 4 is 24.3 Å². The van der Waals surface area contributed by atoms with E-state index >= 15 is 0 Å². The molecule has 4 N–H and O–H groups in total. The summed E-state index contributed by atoms with van der Waals surface area (Å²) in [6, 6.07) is -1.68. The van der Waals surface area contributed by atoms with Crippen molar-refractivity contribution in [3.63, 3.8) is 0 Å². The normalized spacial score (nSPS) is 17.2. The SMILES string of the molecule is O=CNCC(=O)N1C(=O)NC[C@H]1C(=O)NCc1nn[nH]n1. The Kier molecular flexibility index (Phi) is 4.38. The lowest BCUT2D eigenvalue weighted by Gasteiger charge is -2.20. The van der Waals surface area contributed by atoms with Gasteiger partial charge in [0.2, 0.25) is 12.3 Å². The minimum atomic E-state index is -0.995. The zero-order valence-electron chi connectivity index (χ0n) is 10.7. The summed E-state index contributed by atoms with van der Waals surface area (Å²) < 4.78 is 0. The van der Waals surface area contributed by atoms with E-state index in [0.717, 1.165) is 4.90 Å². The average Bonchev–Trinajstić information content (AvgIpc) is 3.11. The summed E-state index contributed by atoms with van der Waals surface area (Å²) in [6.07, 6.45) is 0.331. The minimum Gasteiger partial charge on any atom is -0.350 e. The molecule has 21 heavy (non-hydrogen) atoms. The maximum atomic E-state index is 12.0. The highest BCUT2D eigenvalue weighted by atomic mass is 16.2. The number of nitrogens with one attached hydrogen (secondary N) is 4. The van der Waals surface area contributed by atoms with Crippen LogP contribution in [0.3, 0.4) is 0 Å². The molecule has 5 amide bonds. The molecule has 0 unspecified atom stereocenters. The van der Waals surface area contributed by atoms with Crippen molar-refractivity contribution in [2.24, 2.45) is 0 Å². The van der Waals surface area contributed by atoms with Gasteiger partial charge >= 0.3 is 6.03 Å². The van der Waals surface area contributed by atoms with Gasteiger partial charge in [0.05, 0.1) is 13.1 Å². The van der Waals surface area contributed by atoms with Crippen LogP contribution in [0, 0.1) is 0 Å². The number of carbonyl (C=O) groups is 4. The molecule has 0 radical (unpaired) electrons. The second-order valence-corrected chi connectivity index (χ2v) is 4.01. The van der Waals surface area contributed by atoms with Gasteiger partial charge in [-0.1, -0.05) is 5.21 Å². The van der Waals surface area contributed by atoms with Crippen molar-refractivity contribution < 1.29 is 19.2 Å². The third-order valence-corrected chi connectivity index (χ3v) is 2.70. The number of hydrogen-bond acceptors (Lipinski definition) is 7. The van der Waals surface area contributed by atoms with E-state index in [9.17, 15) is 19.2 Å². The third kappa shape index (κ3) is 3.29. The van der Waals surface area contributed by atoms with Gasteiger partial charge in [-0.2, -0.15) is 5.21 Å². The second-order valence-electron chi connectivity index (χ2n) is 4.01. The zero-order valence-corrected chi connectivity index (χ0v) is 10.7. The van der Waals surface area contributed by atoms with Crippen LogP contribution in [0.5, 0.6) is 0 Å². The summed E-state index contributed by atoms with van der Waals surface area (Å²) in [7, 11) is 0. The molecule has 0 spiro atoms. The fourth-order valence-corrected chi connectivity index (χ4v) is 1.75. The number of aromatic amines is 1. The van der Waals surface area contributed by atoms with E-state index in [1.54, 1.807) is 0 Å². The van der Waals surface area contributed by atoms with Gasteiger partial charge in [-0.15, -0.1) is 10.2 Å². The van der Waals surface area contributed by atoms with Gasteiger partial charge in [-0.25, -0.2) is 9.69 Å². The molecule has 2 rings (SSSR count). The van der Waals surface area contributed by atoms with Crippen molar-refractivity contribution in [2.45, 2.75) is 12.6 Å². The van der Waals surface area contributed by atoms with Gasteiger partial charge < -0.3 is 16.0 Å². The smallest absolute Gasteiger partial charge is 0.325 e. The quantitative estimate of drug-likeness (QED) is 0.395. The molecular weight excluding hydrogens is 284 g/mol. The van der Waals surface area contributed by atoms with E-state index in [1.807, 2.05) is 0 Å². The lowest BCUT2D eigenvalue weighted by molar-refractivity contribution is -0.135. The van der Waals surface area contributed by atoms with Crippen LogP contribution < -0.4 is 16.0 Å². The molecule has 0 aliphatic carbocycles. The zero-order chi connectivity index (χ0) is 15.2. The fraction of sp³-hybridized carbons (Fsp3) is 0.444. The van der Waals surface area contributed by atoms with E-state index in [-0.39, 0.29) is 25.5 Å². The van der Waals surface area contributed by atoms with E-state index in [0.29, 0.717) is 6.41 Å². The standard InChI is InChI=1S/C9H12N8O4/c18-4-10-3-7(19)17-5(1-12-9(17)21)8(20)11-2-6-13-15-16-14-6/h4-5H,1-3H2,(H,10,18)(H,11,20)(H,12,21)(H,13,14,15,16)/t5-/m0/s1. The fourth-order valence-electron chi connectivity index (χ4n) is 1.75. The lowest BCUT2D eigenvalue weighted by Crippen LogP contribution is -2.50. The van der Waals surface area contributed by atoms with Crippen LogP contribution in [0.2, 0.25) is 0 Å². The van der Waals surface area contributed by atoms with Crippen LogP contribution in [-0.4, -0.2) is 68.9 Å². The van der Waals surface area contributed by atoms with Gasteiger partial charge in [-0.3, -0.25) is 14.4 Å². The van der Waals surface area contributed by atoms with Crippen molar-refractivity contribution in [1.82, 2.24) is 41.5 Å². The molecule has 12 heteroatoms. The largest absolute Gasteiger partial charge is 0.350 e. The Bertz CT molecular complexity index is 544. The number of rotatable bonds is 6. The summed E-state index contributed by atoms with van der Waals surface area (Å²) in [5, 5.41) is 19.9. The Morgan fingerprint density at radius 1 is 1.48 bits per heavy atom. The van der Waals surface area contributed by atoms with E-state index in [4.69, 9.17) is 0 Å². The van der Waals surface area contributed by atoms with Crippen molar-refractivity contribution in [1.29, 1.82) is 0 Å². The first kappa shape index (κ1) is 14.4. The Hall–Kier alpha value is -3.05. The summed E-state index contributed by atoms with van der Waals surface area (Å²) in [5.41, 5.74) is 0. The van der Waals surface area contributed by atoms with Gasteiger partial charge in [0, 0.05) is 6.54 Å². The highest BCUT2D eigenvalue weighted by Crippen LogP contribution is 2.08. The predicted octanol–water partition coefficient (Wildman–Crippen LogP) is -3.52. The molecule has 1 aliphatic heterocycles. The molecule has 1 atom stereocenters. The predicted molar refractivity (Wildman–Crippen MR) is 64.1 cm³/mol. The topological polar surface area (TPSA) is 162 Å². The number of nitrogens with zero attached hydrogens (tertiary/aromatic N) is 4. The minimum absolute atomic E-state index is 0.00857. The van der Waals surface area contributed by atoms with E-state index in [2.05, 4.69) is 36.6 Å². The molecule has 0 saturated carbocycles. The number of hydrogen-bond donors (Lipinski definition) is 4. The van der Waals surface area contributed by atoms with Crippen molar-refractivity contribution in [2.75, 3.05) is 13.1 Å². The molecule has 2 heterocycles. The Labute approximate surface area is 117 Å². The first-order valence-electron chi connectivity index (χ1n) is 5.90. The number of carbonyl (C=O) groups excluding carboxylic acids is 4. The van der Waals surface area contributed by atoms with Crippen LogP contribution in [0.25, 0.3) is 0 Å². The molecule has 112 valence electrons. The number of urea groups is 1. The van der Waals surface area contributed by atoms with E-state index < -0.39 is 23.9 Å². The van der Waals surface area contributed by atoms with Crippen molar-refractivity contribution in [3.05, 3.63) is 5.82 Å². The molecule has 1 saturated heterocycles. The highest BCUT2D eigenvalue weighted by molar-refractivity contribution is 6.03. The molecule has 0 bridgehead atoms. The Balaban J connectivity index is 1.96. The molecule has 0 aromatic carbocycles. The van der Waals surface area contributed by atoms with E-state index in [1.165, 1.54) is 0 Å². The van der Waals surface area contributed by atoms with Gasteiger partial charge in [0.25, 0.3) is 5.91 Å². The monoisotopic (exact) mass is 296 g/mol.